The molecule has 0 heterocycles. The molecule has 0 saturated carbocycles. The standard InChI is InChI=1S/C10H14ClN.ClH/c1-3-12(2)8-9-6-4-5-7-10(9)11;/h4-7H,3,8H2,1-2H3;1H. The second kappa shape index (κ2) is 6.25. The fourth-order valence-electron chi connectivity index (χ4n) is 1.03. The molecule has 0 aromatic heterocycles. The Labute approximate surface area is 91.1 Å². The highest BCUT2D eigenvalue weighted by Gasteiger charge is 2.00. The van der Waals surface area contributed by atoms with Crippen molar-refractivity contribution >= 4 is 24.0 Å². The number of rotatable bonds is 3. The van der Waals surface area contributed by atoms with E-state index >= 15 is 0 Å². The van der Waals surface area contributed by atoms with Crippen LogP contribution in [0, 0.1) is 0 Å². The summed E-state index contributed by atoms with van der Waals surface area (Å²) >= 11 is 6.00. The van der Waals surface area contributed by atoms with Crippen molar-refractivity contribution in [2.75, 3.05) is 13.6 Å². The first-order chi connectivity index (χ1) is 5.74. The molecular formula is C10H15Cl2N. The Morgan fingerprint density at radius 1 is 1.31 bits per heavy atom. The van der Waals surface area contributed by atoms with Crippen LogP contribution in [-0.4, -0.2) is 18.5 Å². The Morgan fingerprint density at radius 2 is 1.92 bits per heavy atom. The predicted molar refractivity (Wildman–Crippen MR) is 60.7 cm³/mol. The smallest absolute Gasteiger partial charge is 0.0451 e. The van der Waals surface area contributed by atoms with Gasteiger partial charge in [0.05, 0.1) is 0 Å². The fourth-order valence-corrected chi connectivity index (χ4v) is 1.22. The molecule has 0 radical (unpaired) electrons. The van der Waals surface area contributed by atoms with Crippen LogP contribution >= 0.6 is 24.0 Å². The largest absolute Gasteiger partial charge is 0.302 e. The molecule has 74 valence electrons. The maximum absolute atomic E-state index is 6.00. The summed E-state index contributed by atoms with van der Waals surface area (Å²) in [5.41, 5.74) is 1.20. The number of halogens is 2. The Balaban J connectivity index is 0.00000144. The van der Waals surface area contributed by atoms with E-state index in [0.29, 0.717) is 0 Å². The lowest BCUT2D eigenvalue weighted by molar-refractivity contribution is 0.346. The second-order valence-electron chi connectivity index (χ2n) is 2.92. The first-order valence-corrected chi connectivity index (χ1v) is 4.53. The molecule has 0 fully saturated rings. The van der Waals surface area contributed by atoms with Crippen molar-refractivity contribution in [1.82, 2.24) is 4.90 Å². The summed E-state index contributed by atoms with van der Waals surface area (Å²) in [4.78, 5) is 2.22. The van der Waals surface area contributed by atoms with Gasteiger partial charge >= 0.3 is 0 Å². The van der Waals surface area contributed by atoms with E-state index in [1.54, 1.807) is 0 Å². The summed E-state index contributed by atoms with van der Waals surface area (Å²) in [7, 11) is 2.09. The third-order valence-corrected chi connectivity index (χ3v) is 2.31. The number of benzene rings is 1. The average Bonchev–Trinajstić information content (AvgIpc) is 2.09. The van der Waals surface area contributed by atoms with Crippen LogP contribution in [0.5, 0.6) is 0 Å². The lowest BCUT2D eigenvalue weighted by atomic mass is 10.2. The van der Waals surface area contributed by atoms with Gasteiger partial charge in [-0.3, -0.25) is 0 Å². The molecule has 0 amide bonds. The summed E-state index contributed by atoms with van der Waals surface area (Å²) in [6, 6.07) is 7.97. The maximum atomic E-state index is 6.00. The number of nitrogens with zero attached hydrogens (tertiary/aromatic N) is 1. The van der Waals surface area contributed by atoms with Gasteiger partial charge in [-0.15, -0.1) is 12.4 Å². The Kier molecular flexibility index (Phi) is 6.13. The zero-order valence-electron chi connectivity index (χ0n) is 7.96. The Bertz CT molecular complexity index is 250. The number of hydrogen-bond acceptors (Lipinski definition) is 1. The van der Waals surface area contributed by atoms with Gasteiger partial charge in [0.25, 0.3) is 0 Å². The molecule has 0 aliphatic heterocycles. The molecule has 0 atom stereocenters. The van der Waals surface area contributed by atoms with Gasteiger partial charge in [0.2, 0.25) is 0 Å². The zero-order chi connectivity index (χ0) is 8.97. The molecule has 3 heteroatoms. The quantitative estimate of drug-likeness (QED) is 0.755. The second-order valence-corrected chi connectivity index (χ2v) is 3.33. The molecule has 1 nitrogen and oxygen atoms in total. The molecule has 0 aliphatic carbocycles. The van der Waals surface area contributed by atoms with E-state index in [9.17, 15) is 0 Å². The van der Waals surface area contributed by atoms with Crippen LogP contribution in [0.2, 0.25) is 5.02 Å². The van der Waals surface area contributed by atoms with Gasteiger partial charge in [0.15, 0.2) is 0 Å². The predicted octanol–water partition coefficient (Wildman–Crippen LogP) is 3.21. The first-order valence-electron chi connectivity index (χ1n) is 4.16. The normalized spacial score (nSPS) is 9.85. The van der Waals surface area contributed by atoms with E-state index in [2.05, 4.69) is 24.9 Å². The van der Waals surface area contributed by atoms with Crippen LogP contribution in [0.4, 0.5) is 0 Å². The third kappa shape index (κ3) is 3.99. The molecule has 0 unspecified atom stereocenters. The Hall–Kier alpha value is -0.240. The maximum Gasteiger partial charge on any atom is 0.0451 e. The van der Waals surface area contributed by atoms with Crippen molar-refractivity contribution in [1.29, 1.82) is 0 Å². The molecular weight excluding hydrogens is 205 g/mol. The molecule has 1 aromatic rings. The van der Waals surface area contributed by atoms with Crippen LogP contribution in [0.1, 0.15) is 12.5 Å². The highest BCUT2D eigenvalue weighted by atomic mass is 35.5. The van der Waals surface area contributed by atoms with Gasteiger partial charge in [-0.2, -0.15) is 0 Å². The lowest BCUT2D eigenvalue weighted by Gasteiger charge is -2.14. The van der Waals surface area contributed by atoms with Crippen molar-refractivity contribution in [3.05, 3.63) is 34.9 Å². The molecule has 0 saturated heterocycles. The highest BCUT2D eigenvalue weighted by molar-refractivity contribution is 6.31. The van der Waals surface area contributed by atoms with Crippen LogP contribution in [0.25, 0.3) is 0 Å². The first kappa shape index (κ1) is 12.8. The summed E-state index contributed by atoms with van der Waals surface area (Å²) < 4.78 is 0. The highest BCUT2D eigenvalue weighted by Crippen LogP contribution is 2.15. The topological polar surface area (TPSA) is 3.24 Å². The van der Waals surface area contributed by atoms with E-state index in [1.165, 1.54) is 5.56 Å². The van der Waals surface area contributed by atoms with E-state index in [1.807, 2.05) is 18.2 Å². The van der Waals surface area contributed by atoms with Crippen LogP contribution in [0.15, 0.2) is 24.3 Å². The molecule has 0 bridgehead atoms. The van der Waals surface area contributed by atoms with E-state index < -0.39 is 0 Å². The minimum atomic E-state index is 0. The van der Waals surface area contributed by atoms with Gasteiger partial charge in [-0.25, -0.2) is 0 Å². The molecule has 0 aliphatic rings. The van der Waals surface area contributed by atoms with Crippen molar-refractivity contribution in [2.24, 2.45) is 0 Å². The van der Waals surface area contributed by atoms with Crippen molar-refractivity contribution in [3.8, 4) is 0 Å². The summed E-state index contributed by atoms with van der Waals surface area (Å²) in [5.74, 6) is 0. The van der Waals surface area contributed by atoms with Gasteiger partial charge in [-0.05, 0) is 25.2 Å². The lowest BCUT2D eigenvalue weighted by Crippen LogP contribution is -2.16. The molecule has 1 rings (SSSR count). The number of hydrogen-bond donors (Lipinski definition) is 0. The van der Waals surface area contributed by atoms with Crippen molar-refractivity contribution in [3.63, 3.8) is 0 Å². The van der Waals surface area contributed by atoms with Gasteiger partial charge in [0, 0.05) is 11.6 Å². The summed E-state index contributed by atoms with van der Waals surface area (Å²) in [6.07, 6.45) is 0. The van der Waals surface area contributed by atoms with Gasteiger partial charge < -0.3 is 4.90 Å². The van der Waals surface area contributed by atoms with Crippen LogP contribution in [-0.2, 0) is 6.54 Å². The minimum absolute atomic E-state index is 0. The molecule has 0 N–H and O–H groups in total. The monoisotopic (exact) mass is 219 g/mol. The van der Waals surface area contributed by atoms with Gasteiger partial charge in [-0.1, -0.05) is 36.7 Å². The Morgan fingerprint density at radius 3 is 2.46 bits per heavy atom. The van der Waals surface area contributed by atoms with E-state index in [-0.39, 0.29) is 12.4 Å². The third-order valence-electron chi connectivity index (χ3n) is 1.94. The SMILES string of the molecule is CCN(C)Cc1ccccc1Cl.Cl. The molecule has 13 heavy (non-hydrogen) atoms. The fraction of sp³-hybridized carbons (Fsp3) is 0.400. The van der Waals surface area contributed by atoms with E-state index in [0.717, 1.165) is 18.1 Å². The molecule has 0 spiro atoms. The van der Waals surface area contributed by atoms with Gasteiger partial charge in [0.1, 0.15) is 0 Å². The minimum Gasteiger partial charge on any atom is -0.302 e. The van der Waals surface area contributed by atoms with Crippen LogP contribution < -0.4 is 0 Å². The van der Waals surface area contributed by atoms with Crippen molar-refractivity contribution in [2.45, 2.75) is 13.5 Å². The molecule has 1 aromatic carbocycles. The summed E-state index contributed by atoms with van der Waals surface area (Å²) in [5, 5.41) is 0.859. The van der Waals surface area contributed by atoms with Crippen LogP contribution in [0.3, 0.4) is 0 Å². The van der Waals surface area contributed by atoms with E-state index in [4.69, 9.17) is 11.6 Å². The summed E-state index contributed by atoms with van der Waals surface area (Å²) in [6.45, 7) is 4.11. The van der Waals surface area contributed by atoms with Crippen molar-refractivity contribution < 1.29 is 0 Å². The zero-order valence-corrected chi connectivity index (χ0v) is 9.53. The average molecular weight is 220 g/mol.